The topological polar surface area (TPSA) is 81.3 Å². The van der Waals surface area contributed by atoms with Crippen LogP contribution in [0.1, 0.15) is 17.0 Å². The van der Waals surface area contributed by atoms with Gasteiger partial charge in [0.25, 0.3) is 10.7 Å². The van der Waals surface area contributed by atoms with Crippen molar-refractivity contribution in [3.8, 4) is 5.75 Å². The van der Waals surface area contributed by atoms with Gasteiger partial charge < -0.3 is 13.6 Å². The number of aryl methyl sites for hydroxylation is 2. The van der Waals surface area contributed by atoms with Crippen LogP contribution < -0.4 is 10.4 Å². The molecule has 3 rings (SSSR count). The fourth-order valence-corrected chi connectivity index (χ4v) is 2.26. The summed E-state index contributed by atoms with van der Waals surface area (Å²) in [6.45, 7) is 3.84. The van der Waals surface area contributed by atoms with E-state index in [4.69, 9.17) is 25.8 Å². The first kappa shape index (κ1) is 13.6. The highest BCUT2D eigenvalue weighted by molar-refractivity contribution is 7.71. The number of aromatic nitrogens is 2. The number of nitrogens with zero attached hydrogens (tertiary/aromatic N) is 1. The molecule has 0 bridgehead atoms. The van der Waals surface area contributed by atoms with Crippen molar-refractivity contribution in [2.75, 3.05) is 0 Å². The number of rotatable bonds is 3. The molecule has 21 heavy (non-hydrogen) atoms. The van der Waals surface area contributed by atoms with Crippen LogP contribution in [-0.2, 0) is 6.61 Å². The van der Waals surface area contributed by atoms with Gasteiger partial charge in [0.05, 0.1) is 0 Å². The van der Waals surface area contributed by atoms with E-state index in [1.54, 1.807) is 0 Å². The highest BCUT2D eigenvalue weighted by Gasteiger charge is 2.11. The monoisotopic (exact) mass is 304 g/mol. The van der Waals surface area contributed by atoms with E-state index in [0.29, 0.717) is 17.2 Å². The number of nitrogens with one attached hydrogen (secondary N) is 1. The second-order valence-electron chi connectivity index (χ2n) is 4.61. The predicted octanol–water partition coefficient (Wildman–Crippen LogP) is 3.03. The Morgan fingerprint density at radius 2 is 2.14 bits per heavy atom. The predicted molar refractivity (Wildman–Crippen MR) is 78.0 cm³/mol. The molecule has 7 heteroatoms. The summed E-state index contributed by atoms with van der Waals surface area (Å²) in [5.41, 5.74) is 1.77. The van der Waals surface area contributed by atoms with Gasteiger partial charge in [0.15, 0.2) is 6.61 Å². The second kappa shape index (κ2) is 5.17. The first-order chi connectivity index (χ1) is 10.0. The van der Waals surface area contributed by atoms with Crippen molar-refractivity contribution in [1.29, 1.82) is 0 Å². The number of aromatic amines is 1. The lowest BCUT2D eigenvalue weighted by molar-refractivity contribution is 0.260. The highest BCUT2D eigenvalue weighted by Crippen LogP contribution is 2.28. The Morgan fingerprint density at radius 3 is 2.86 bits per heavy atom. The van der Waals surface area contributed by atoms with E-state index in [-0.39, 0.29) is 17.1 Å². The largest absolute Gasteiger partial charge is 0.483 e. The standard InChI is InChI=1S/C14H12N2O4S/c1-7-5-12(17)20-13-8(2)10(4-3-9(7)13)18-6-11-15-16-14(21)19-11/h3-5H,6H2,1-2H3,(H,16,21). The van der Waals surface area contributed by atoms with Gasteiger partial charge in [-0.2, -0.15) is 0 Å². The van der Waals surface area contributed by atoms with Crippen molar-refractivity contribution in [3.63, 3.8) is 0 Å². The van der Waals surface area contributed by atoms with Gasteiger partial charge in [-0.15, -0.1) is 5.10 Å². The van der Waals surface area contributed by atoms with Gasteiger partial charge in [-0.3, -0.25) is 0 Å². The van der Waals surface area contributed by atoms with E-state index in [1.807, 2.05) is 26.0 Å². The summed E-state index contributed by atoms with van der Waals surface area (Å²) in [5.74, 6) is 0.950. The molecule has 0 radical (unpaired) electrons. The lowest BCUT2D eigenvalue weighted by atomic mass is 10.1. The second-order valence-corrected chi connectivity index (χ2v) is 4.98. The normalized spacial score (nSPS) is 11.0. The Hall–Kier alpha value is -2.41. The minimum absolute atomic E-state index is 0.134. The molecule has 1 aromatic carbocycles. The van der Waals surface area contributed by atoms with Crippen LogP contribution in [-0.4, -0.2) is 10.2 Å². The molecule has 0 saturated heterocycles. The first-order valence-corrected chi connectivity index (χ1v) is 6.66. The summed E-state index contributed by atoms with van der Waals surface area (Å²) in [5, 5.41) is 7.27. The number of fused-ring (bicyclic) bond motifs is 1. The molecule has 0 spiro atoms. The zero-order chi connectivity index (χ0) is 15.0. The van der Waals surface area contributed by atoms with Crippen LogP contribution in [0.15, 0.2) is 31.8 Å². The number of ether oxygens (including phenoxy) is 1. The van der Waals surface area contributed by atoms with E-state index < -0.39 is 0 Å². The number of hydrogen-bond donors (Lipinski definition) is 1. The van der Waals surface area contributed by atoms with E-state index in [0.717, 1.165) is 16.5 Å². The van der Waals surface area contributed by atoms with Crippen LogP contribution in [0.3, 0.4) is 0 Å². The van der Waals surface area contributed by atoms with Gasteiger partial charge in [-0.1, -0.05) is 0 Å². The third kappa shape index (κ3) is 2.59. The molecule has 0 amide bonds. The van der Waals surface area contributed by atoms with Crippen LogP contribution in [0, 0.1) is 18.7 Å². The molecule has 108 valence electrons. The van der Waals surface area contributed by atoms with Crippen molar-refractivity contribution < 1.29 is 13.6 Å². The Morgan fingerprint density at radius 1 is 1.33 bits per heavy atom. The maximum atomic E-state index is 11.5. The quantitative estimate of drug-likeness (QED) is 0.591. The van der Waals surface area contributed by atoms with Crippen molar-refractivity contribution in [2.24, 2.45) is 0 Å². The number of H-pyrrole nitrogens is 1. The summed E-state index contributed by atoms with van der Waals surface area (Å²) in [6.07, 6.45) is 0. The van der Waals surface area contributed by atoms with Crippen molar-refractivity contribution in [3.05, 3.63) is 50.5 Å². The molecule has 1 N–H and O–H groups in total. The highest BCUT2D eigenvalue weighted by atomic mass is 32.1. The van der Waals surface area contributed by atoms with Crippen molar-refractivity contribution in [2.45, 2.75) is 20.5 Å². The molecule has 0 fully saturated rings. The molecule has 0 aliphatic rings. The fourth-order valence-electron chi connectivity index (χ4n) is 2.12. The molecular formula is C14H12N2O4S. The van der Waals surface area contributed by atoms with Gasteiger partial charge in [0.2, 0.25) is 0 Å². The summed E-state index contributed by atoms with van der Waals surface area (Å²) in [4.78, 5) is 11.7. The minimum Gasteiger partial charge on any atom is -0.483 e. The Balaban J connectivity index is 1.98. The molecule has 3 aromatic rings. The third-order valence-electron chi connectivity index (χ3n) is 3.15. The summed E-state index contributed by atoms with van der Waals surface area (Å²) in [6, 6.07) is 5.15. The number of benzene rings is 1. The smallest absolute Gasteiger partial charge is 0.336 e. The maximum Gasteiger partial charge on any atom is 0.336 e. The third-order valence-corrected chi connectivity index (χ3v) is 3.33. The summed E-state index contributed by atoms with van der Waals surface area (Å²) >= 11 is 4.79. The van der Waals surface area contributed by atoms with E-state index in [9.17, 15) is 4.79 Å². The SMILES string of the molecule is Cc1cc(=O)oc2c(C)c(OCc3n[nH]c(=S)o3)ccc12. The Bertz CT molecular complexity index is 923. The molecule has 0 atom stereocenters. The average molecular weight is 304 g/mol. The van der Waals surface area contributed by atoms with E-state index in [1.165, 1.54) is 6.07 Å². The van der Waals surface area contributed by atoms with Gasteiger partial charge in [0, 0.05) is 17.0 Å². The summed E-state index contributed by atoms with van der Waals surface area (Å²) < 4.78 is 16.0. The molecule has 6 nitrogen and oxygen atoms in total. The minimum atomic E-state index is -0.377. The van der Waals surface area contributed by atoms with Gasteiger partial charge in [-0.05, 0) is 43.8 Å². The first-order valence-electron chi connectivity index (χ1n) is 6.26. The average Bonchev–Trinajstić information content (AvgIpc) is 2.84. The molecule has 2 aromatic heterocycles. The van der Waals surface area contributed by atoms with E-state index >= 15 is 0 Å². The van der Waals surface area contributed by atoms with Gasteiger partial charge >= 0.3 is 5.63 Å². The van der Waals surface area contributed by atoms with Crippen LogP contribution in [0.5, 0.6) is 5.75 Å². The zero-order valence-corrected chi connectivity index (χ0v) is 12.2. The molecule has 0 saturated carbocycles. The lowest BCUT2D eigenvalue weighted by Gasteiger charge is -2.09. The molecule has 0 aliphatic heterocycles. The van der Waals surface area contributed by atoms with Crippen molar-refractivity contribution >= 4 is 23.2 Å². The van der Waals surface area contributed by atoms with Crippen LogP contribution in [0.25, 0.3) is 11.0 Å². The lowest BCUT2D eigenvalue weighted by Crippen LogP contribution is -2.01. The fraction of sp³-hybridized carbons (Fsp3) is 0.214. The Kier molecular flexibility index (Phi) is 3.34. The van der Waals surface area contributed by atoms with Crippen LogP contribution >= 0.6 is 12.2 Å². The van der Waals surface area contributed by atoms with Crippen LogP contribution in [0.4, 0.5) is 0 Å². The Labute approximate surface area is 124 Å². The van der Waals surface area contributed by atoms with Gasteiger partial charge in [0.1, 0.15) is 11.3 Å². The molecule has 0 unspecified atom stereocenters. The molecule has 2 heterocycles. The maximum absolute atomic E-state index is 11.5. The van der Waals surface area contributed by atoms with Crippen molar-refractivity contribution in [1.82, 2.24) is 10.2 Å². The van der Waals surface area contributed by atoms with Gasteiger partial charge in [-0.25, -0.2) is 9.89 Å². The number of hydrogen-bond acceptors (Lipinski definition) is 6. The molecular weight excluding hydrogens is 292 g/mol. The summed E-state index contributed by atoms with van der Waals surface area (Å²) in [7, 11) is 0. The van der Waals surface area contributed by atoms with E-state index in [2.05, 4.69) is 10.2 Å². The van der Waals surface area contributed by atoms with Crippen LogP contribution in [0.2, 0.25) is 0 Å². The molecule has 0 aliphatic carbocycles. The zero-order valence-electron chi connectivity index (χ0n) is 11.4.